The monoisotopic (exact) mass is 612 g/mol. The van der Waals surface area contributed by atoms with E-state index in [2.05, 4.69) is 10.2 Å². The summed E-state index contributed by atoms with van der Waals surface area (Å²) in [4.78, 5) is 45.1. The number of nitrogens with zero attached hydrogens (tertiary/aromatic N) is 6. The number of benzene rings is 1. The second-order valence-electron chi connectivity index (χ2n) is 10.8. The van der Waals surface area contributed by atoms with Gasteiger partial charge >= 0.3 is 5.69 Å². The lowest BCUT2D eigenvalue weighted by Crippen LogP contribution is -2.49. The number of halogens is 1. The van der Waals surface area contributed by atoms with Crippen molar-refractivity contribution in [2.24, 2.45) is 0 Å². The van der Waals surface area contributed by atoms with Gasteiger partial charge in [0.1, 0.15) is 33.5 Å². The van der Waals surface area contributed by atoms with Crippen molar-refractivity contribution in [3.05, 3.63) is 68.4 Å². The molecular weight excluding hydrogens is 579 g/mol. The number of likely N-dealkylation sites (tertiary alicyclic amines) is 1. The summed E-state index contributed by atoms with van der Waals surface area (Å²) in [5.74, 6) is -0.363. The lowest BCUT2D eigenvalue weighted by molar-refractivity contribution is -0.136. The number of amides is 1. The first-order chi connectivity index (χ1) is 20.8. The van der Waals surface area contributed by atoms with E-state index < -0.39 is 29.2 Å². The van der Waals surface area contributed by atoms with E-state index >= 15 is 0 Å². The Bertz CT molecular complexity index is 1760. The molecule has 2 saturated heterocycles. The molecule has 3 aromatic heterocycles. The molecule has 0 spiro atoms. The molecule has 0 bridgehead atoms. The number of thiophene rings is 1. The van der Waals surface area contributed by atoms with Crippen molar-refractivity contribution in [3.63, 3.8) is 0 Å². The maximum Gasteiger partial charge on any atom is 0.332 e. The number of ether oxygens (including phenoxy) is 3. The van der Waals surface area contributed by atoms with Gasteiger partial charge in [-0.3, -0.25) is 14.2 Å². The highest BCUT2D eigenvalue weighted by Crippen LogP contribution is 2.35. The molecule has 5 heterocycles. The van der Waals surface area contributed by atoms with Gasteiger partial charge in [0.05, 0.1) is 37.5 Å². The Balaban J connectivity index is 1.57. The van der Waals surface area contributed by atoms with Gasteiger partial charge < -0.3 is 19.1 Å². The summed E-state index contributed by atoms with van der Waals surface area (Å²) in [6.45, 7) is 3.31. The number of rotatable bonds is 8. The minimum atomic E-state index is -0.946. The van der Waals surface area contributed by atoms with E-state index in [0.29, 0.717) is 77.5 Å². The minimum absolute atomic E-state index is 0.0601. The van der Waals surface area contributed by atoms with Crippen LogP contribution in [0.2, 0.25) is 0 Å². The highest BCUT2D eigenvalue weighted by molar-refractivity contribution is 7.21. The Hall–Kier alpha value is -3.88. The van der Waals surface area contributed by atoms with Gasteiger partial charge in [-0.1, -0.05) is 11.3 Å². The molecule has 0 N–H and O–H groups in total. The van der Waals surface area contributed by atoms with E-state index in [4.69, 9.17) is 14.2 Å². The number of aryl methyl sites for hydroxylation is 1. The molecule has 0 saturated carbocycles. The van der Waals surface area contributed by atoms with E-state index in [1.165, 1.54) is 58.4 Å². The lowest BCUT2D eigenvalue weighted by atomic mass is 10.0. The van der Waals surface area contributed by atoms with Gasteiger partial charge in [0.2, 0.25) is 5.91 Å². The predicted molar refractivity (Wildman–Crippen MR) is 157 cm³/mol. The zero-order chi connectivity index (χ0) is 30.2. The number of carbonyl (C=O) groups excluding carboxylic acids is 1. The summed E-state index contributed by atoms with van der Waals surface area (Å²) in [6, 6.07) is 3.23. The normalized spacial score (nSPS) is 18.8. The number of carbonyl (C=O) groups is 1. The molecule has 2 aliphatic rings. The zero-order valence-corrected chi connectivity index (χ0v) is 25.0. The van der Waals surface area contributed by atoms with Gasteiger partial charge in [0, 0.05) is 37.9 Å². The molecule has 4 aromatic rings. The van der Waals surface area contributed by atoms with Crippen LogP contribution in [-0.2, 0) is 20.8 Å². The van der Waals surface area contributed by atoms with Crippen LogP contribution in [0.4, 0.5) is 4.39 Å². The molecule has 43 heavy (non-hydrogen) atoms. The summed E-state index contributed by atoms with van der Waals surface area (Å²) < 4.78 is 34.9. The zero-order valence-electron chi connectivity index (χ0n) is 24.2. The second-order valence-corrected chi connectivity index (χ2v) is 11.8. The third-order valence-electron chi connectivity index (χ3n) is 8.17. The molecule has 6 rings (SSSR count). The summed E-state index contributed by atoms with van der Waals surface area (Å²) in [7, 11) is 3.16. The number of aromatic nitrogens is 5. The Morgan fingerprint density at radius 1 is 1.14 bits per heavy atom. The lowest BCUT2D eigenvalue weighted by Gasteiger charge is -2.31. The smallest absolute Gasteiger partial charge is 0.332 e. The van der Waals surface area contributed by atoms with Gasteiger partial charge in [-0.05, 0) is 50.8 Å². The van der Waals surface area contributed by atoms with Crippen LogP contribution < -0.4 is 16.0 Å². The summed E-state index contributed by atoms with van der Waals surface area (Å²) in [5, 5.41) is 9.35. The number of hydrogen-bond acceptors (Lipinski definition) is 9. The molecule has 2 aliphatic heterocycles. The van der Waals surface area contributed by atoms with Gasteiger partial charge in [0.15, 0.2) is 0 Å². The van der Waals surface area contributed by atoms with Crippen LogP contribution in [0.25, 0.3) is 15.2 Å². The number of fused-ring (bicyclic) bond motifs is 1. The molecule has 1 unspecified atom stereocenters. The largest absolute Gasteiger partial charge is 0.496 e. The van der Waals surface area contributed by atoms with Gasteiger partial charge in [0.25, 0.3) is 5.56 Å². The summed E-state index contributed by atoms with van der Waals surface area (Å²) in [6.07, 6.45) is 4.31. The Morgan fingerprint density at radius 3 is 2.60 bits per heavy atom. The average Bonchev–Trinajstić information content (AvgIpc) is 3.65. The maximum atomic E-state index is 14.6. The molecule has 2 atom stereocenters. The molecule has 1 amide bonds. The molecule has 1 aromatic carbocycles. The first-order valence-electron chi connectivity index (χ1n) is 14.2. The number of likely N-dealkylation sites (N-methyl/N-ethyl adjacent to an activating group) is 1. The van der Waals surface area contributed by atoms with Crippen molar-refractivity contribution >= 4 is 27.5 Å². The third kappa shape index (κ3) is 5.38. The first kappa shape index (κ1) is 29.2. The SMILES string of the molecule is COc1ccc(F)cc1[C@H](Cn1c(=O)n(C2CCCN(C)C2=O)c(=O)c2c(C)c(-n3nccn3)sc21)OC1CCOCC1. The fourth-order valence-corrected chi connectivity index (χ4v) is 7.15. The molecule has 0 radical (unpaired) electrons. The quantitative estimate of drug-likeness (QED) is 0.298. The fraction of sp³-hybridized carbons (Fsp3) is 0.483. The van der Waals surface area contributed by atoms with Crippen LogP contribution in [0.15, 0.2) is 40.2 Å². The van der Waals surface area contributed by atoms with Crippen LogP contribution in [0.1, 0.15) is 49.0 Å². The molecular formula is C29H33FN6O6S. The second kappa shape index (κ2) is 12.0. The van der Waals surface area contributed by atoms with E-state index in [1.807, 2.05) is 0 Å². The van der Waals surface area contributed by atoms with Crippen LogP contribution in [0.5, 0.6) is 5.75 Å². The molecule has 2 fully saturated rings. The van der Waals surface area contributed by atoms with E-state index in [-0.39, 0.29) is 18.6 Å². The number of piperidine rings is 1. The van der Waals surface area contributed by atoms with Gasteiger partial charge in [-0.2, -0.15) is 10.2 Å². The first-order valence-corrected chi connectivity index (χ1v) is 15.1. The number of hydrogen-bond donors (Lipinski definition) is 0. The predicted octanol–water partition coefficient (Wildman–Crippen LogP) is 2.99. The topological polar surface area (TPSA) is 123 Å². The number of methoxy groups -OCH3 is 1. The van der Waals surface area contributed by atoms with Crippen molar-refractivity contribution in [2.45, 2.75) is 57.4 Å². The van der Waals surface area contributed by atoms with Crippen molar-refractivity contribution < 1.29 is 23.4 Å². The fourth-order valence-electron chi connectivity index (χ4n) is 5.93. The van der Waals surface area contributed by atoms with E-state index in [0.717, 1.165) is 4.57 Å². The van der Waals surface area contributed by atoms with Crippen molar-refractivity contribution in [2.75, 3.05) is 33.9 Å². The van der Waals surface area contributed by atoms with Gasteiger partial charge in [-0.15, -0.1) is 4.80 Å². The van der Waals surface area contributed by atoms with Crippen molar-refractivity contribution in [3.8, 4) is 10.8 Å². The molecule has 0 aliphatic carbocycles. The van der Waals surface area contributed by atoms with Crippen LogP contribution in [0, 0.1) is 12.7 Å². The standard InChI is InChI=1S/C29H33FN6O6S/c1-17-24-26(38)35(21-5-4-12-33(2)25(21)37)29(39)34(28(24)43-27(17)36-31-10-11-32-36)16-23(42-19-8-13-41-14-9-19)20-15-18(30)6-7-22(20)40-3/h6-7,10-11,15,19,21,23H,4-5,8-9,12-14,16H2,1-3H3/t21?,23-/m0/s1. The third-order valence-corrected chi connectivity index (χ3v) is 9.46. The summed E-state index contributed by atoms with van der Waals surface area (Å²) >= 11 is 1.20. The van der Waals surface area contributed by atoms with E-state index in [1.54, 1.807) is 18.9 Å². The highest BCUT2D eigenvalue weighted by Gasteiger charge is 2.34. The van der Waals surface area contributed by atoms with Crippen LogP contribution in [0.3, 0.4) is 0 Å². The molecule has 14 heteroatoms. The van der Waals surface area contributed by atoms with Crippen molar-refractivity contribution in [1.29, 1.82) is 0 Å². The van der Waals surface area contributed by atoms with Gasteiger partial charge in [-0.25, -0.2) is 13.8 Å². The minimum Gasteiger partial charge on any atom is -0.496 e. The average molecular weight is 613 g/mol. The Morgan fingerprint density at radius 2 is 1.88 bits per heavy atom. The van der Waals surface area contributed by atoms with Crippen LogP contribution in [-0.4, -0.2) is 75.0 Å². The van der Waals surface area contributed by atoms with Crippen LogP contribution >= 0.6 is 11.3 Å². The molecule has 228 valence electrons. The van der Waals surface area contributed by atoms with Crippen molar-refractivity contribution in [1.82, 2.24) is 29.0 Å². The van der Waals surface area contributed by atoms with E-state index in [9.17, 15) is 18.8 Å². The Kier molecular flexibility index (Phi) is 8.16. The Labute approximate surface area is 250 Å². The maximum absolute atomic E-state index is 14.6. The summed E-state index contributed by atoms with van der Waals surface area (Å²) in [5.41, 5.74) is -0.154. The molecule has 12 nitrogen and oxygen atoms in total. The highest BCUT2D eigenvalue weighted by atomic mass is 32.1.